The Morgan fingerprint density at radius 2 is 1.75 bits per heavy atom. The normalized spacial score (nSPS) is 14.2. The highest BCUT2D eigenvalue weighted by atomic mass is 19.3. The Morgan fingerprint density at radius 3 is 2.17 bits per heavy atom. The number of halogens is 2. The summed E-state index contributed by atoms with van der Waals surface area (Å²) in [5, 5.41) is 2.79. The monoisotopic (exact) mass is 179 g/mol. The zero-order chi connectivity index (χ0) is 9.56. The third kappa shape index (κ3) is 6.53. The van der Waals surface area contributed by atoms with Gasteiger partial charge in [0.2, 0.25) is 0 Å². The van der Waals surface area contributed by atoms with Crippen molar-refractivity contribution in [3.8, 4) is 0 Å². The highest BCUT2D eigenvalue weighted by molar-refractivity contribution is 4.62. The molecule has 12 heavy (non-hydrogen) atoms. The quantitative estimate of drug-likeness (QED) is 0.618. The molecule has 0 aromatic carbocycles. The van der Waals surface area contributed by atoms with Crippen molar-refractivity contribution in [3.63, 3.8) is 0 Å². The summed E-state index contributed by atoms with van der Waals surface area (Å²) in [6.45, 7) is 6.48. The summed E-state index contributed by atoms with van der Waals surface area (Å²) in [5.41, 5.74) is 0. The van der Waals surface area contributed by atoms with Gasteiger partial charge >= 0.3 is 0 Å². The van der Waals surface area contributed by atoms with Crippen molar-refractivity contribution in [2.24, 2.45) is 5.92 Å². The van der Waals surface area contributed by atoms with Crippen LogP contribution in [0.1, 0.15) is 33.6 Å². The molecule has 1 nitrogen and oxygen atoms in total. The molecule has 0 aliphatic carbocycles. The van der Waals surface area contributed by atoms with Crippen LogP contribution in [0.2, 0.25) is 0 Å². The number of hydrogen-bond acceptors (Lipinski definition) is 1. The van der Waals surface area contributed by atoms with Crippen LogP contribution in [0.3, 0.4) is 0 Å². The number of nitrogens with one attached hydrogen (secondary N) is 1. The van der Waals surface area contributed by atoms with Crippen molar-refractivity contribution in [2.75, 3.05) is 6.54 Å². The van der Waals surface area contributed by atoms with Gasteiger partial charge in [-0.1, -0.05) is 13.8 Å². The second kappa shape index (κ2) is 6.35. The van der Waals surface area contributed by atoms with E-state index in [9.17, 15) is 8.78 Å². The maximum Gasteiger partial charge on any atom is 0.253 e. The van der Waals surface area contributed by atoms with Gasteiger partial charge < -0.3 is 5.32 Å². The lowest BCUT2D eigenvalue weighted by Gasteiger charge is -2.12. The third-order valence-corrected chi connectivity index (χ3v) is 1.80. The molecule has 1 atom stereocenters. The minimum Gasteiger partial charge on any atom is -0.309 e. The molecule has 1 unspecified atom stereocenters. The van der Waals surface area contributed by atoms with Crippen LogP contribution in [-0.2, 0) is 0 Å². The lowest BCUT2D eigenvalue weighted by molar-refractivity contribution is 0.106. The highest BCUT2D eigenvalue weighted by Crippen LogP contribution is 2.03. The topological polar surface area (TPSA) is 12.0 Å². The first-order valence-corrected chi connectivity index (χ1v) is 4.55. The molecule has 1 N–H and O–H groups in total. The third-order valence-electron chi connectivity index (χ3n) is 1.80. The molecule has 0 saturated heterocycles. The largest absolute Gasteiger partial charge is 0.309 e. The SMILES string of the molecule is CC(C)CCCNC(C)C(F)F. The first-order chi connectivity index (χ1) is 5.54. The standard InChI is InChI=1S/C9H19F2N/c1-7(2)5-4-6-12-8(3)9(10)11/h7-9,12H,4-6H2,1-3H3. The van der Waals surface area contributed by atoms with Crippen molar-refractivity contribution in [1.29, 1.82) is 0 Å². The van der Waals surface area contributed by atoms with Crippen molar-refractivity contribution >= 4 is 0 Å². The summed E-state index contributed by atoms with van der Waals surface area (Å²) in [6.07, 6.45) is -0.165. The number of hydrogen-bond donors (Lipinski definition) is 1. The summed E-state index contributed by atoms with van der Waals surface area (Å²) >= 11 is 0. The second-order valence-corrected chi connectivity index (χ2v) is 3.61. The van der Waals surface area contributed by atoms with Crippen molar-refractivity contribution in [2.45, 2.75) is 46.1 Å². The molecule has 0 aromatic heterocycles. The molecule has 0 radical (unpaired) electrons. The predicted molar refractivity (Wildman–Crippen MR) is 47.5 cm³/mol. The van der Waals surface area contributed by atoms with Gasteiger partial charge in [0.15, 0.2) is 0 Å². The number of rotatable bonds is 6. The van der Waals surface area contributed by atoms with E-state index in [0.717, 1.165) is 12.8 Å². The molecule has 0 amide bonds. The van der Waals surface area contributed by atoms with E-state index in [1.165, 1.54) is 6.92 Å². The van der Waals surface area contributed by atoms with Gasteiger partial charge in [0.05, 0.1) is 6.04 Å². The maximum absolute atomic E-state index is 12.0. The fourth-order valence-electron chi connectivity index (χ4n) is 0.929. The Kier molecular flexibility index (Phi) is 6.25. The lowest BCUT2D eigenvalue weighted by atomic mass is 10.1. The van der Waals surface area contributed by atoms with Crippen LogP contribution in [0.15, 0.2) is 0 Å². The Hall–Kier alpha value is -0.180. The first-order valence-electron chi connectivity index (χ1n) is 4.55. The summed E-state index contributed by atoms with van der Waals surface area (Å²) in [7, 11) is 0. The van der Waals surface area contributed by atoms with E-state index in [1.807, 2.05) is 0 Å². The van der Waals surface area contributed by atoms with Gasteiger partial charge in [-0.25, -0.2) is 8.78 Å². The predicted octanol–water partition coefficient (Wildman–Crippen LogP) is 2.67. The summed E-state index contributed by atoms with van der Waals surface area (Å²) in [4.78, 5) is 0. The van der Waals surface area contributed by atoms with Gasteiger partial charge in [-0.3, -0.25) is 0 Å². The summed E-state index contributed by atoms with van der Waals surface area (Å²) in [6, 6.07) is -0.669. The molecular formula is C9H19F2N. The van der Waals surface area contributed by atoms with Gasteiger partial charge in [-0.2, -0.15) is 0 Å². The van der Waals surface area contributed by atoms with E-state index >= 15 is 0 Å². The van der Waals surface area contributed by atoms with Crippen LogP contribution in [0.4, 0.5) is 8.78 Å². The van der Waals surface area contributed by atoms with E-state index in [0.29, 0.717) is 12.5 Å². The molecule has 0 bridgehead atoms. The Balaban J connectivity index is 3.20. The molecule has 0 spiro atoms. The van der Waals surface area contributed by atoms with E-state index < -0.39 is 12.5 Å². The minimum absolute atomic E-state index is 0.661. The molecule has 0 heterocycles. The molecule has 0 aliphatic heterocycles. The zero-order valence-corrected chi connectivity index (χ0v) is 8.11. The van der Waals surface area contributed by atoms with Crippen LogP contribution in [0, 0.1) is 5.92 Å². The van der Waals surface area contributed by atoms with Gasteiger partial charge in [-0.05, 0) is 32.2 Å². The fourth-order valence-corrected chi connectivity index (χ4v) is 0.929. The first kappa shape index (κ1) is 11.8. The summed E-state index contributed by atoms with van der Waals surface area (Å²) in [5.74, 6) is 0.661. The van der Waals surface area contributed by atoms with Crippen molar-refractivity contribution in [3.05, 3.63) is 0 Å². The van der Waals surface area contributed by atoms with Crippen LogP contribution in [-0.4, -0.2) is 19.0 Å². The number of alkyl halides is 2. The van der Waals surface area contributed by atoms with Crippen LogP contribution < -0.4 is 5.32 Å². The smallest absolute Gasteiger partial charge is 0.253 e. The fraction of sp³-hybridized carbons (Fsp3) is 1.00. The van der Waals surface area contributed by atoms with Crippen LogP contribution >= 0.6 is 0 Å². The molecule has 0 aliphatic rings. The minimum atomic E-state index is -2.25. The Bertz CT molecular complexity index is 105. The molecule has 0 rings (SSSR count). The Labute approximate surface area is 73.5 Å². The van der Waals surface area contributed by atoms with E-state index in [1.54, 1.807) is 0 Å². The van der Waals surface area contributed by atoms with Gasteiger partial charge in [0, 0.05) is 0 Å². The van der Waals surface area contributed by atoms with Crippen molar-refractivity contribution in [1.82, 2.24) is 5.32 Å². The summed E-state index contributed by atoms with van der Waals surface area (Å²) < 4.78 is 23.9. The van der Waals surface area contributed by atoms with Gasteiger partial charge in [0.1, 0.15) is 0 Å². The van der Waals surface area contributed by atoms with E-state index in [4.69, 9.17) is 0 Å². The Morgan fingerprint density at radius 1 is 1.17 bits per heavy atom. The molecule has 0 saturated carbocycles. The molecule has 0 aromatic rings. The highest BCUT2D eigenvalue weighted by Gasteiger charge is 2.12. The van der Waals surface area contributed by atoms with E-state index in [-0.39, 0.29) is 0 Å². The van der Waals surface area contributed by atoms with E-state index in [2.05, 4.69) is 19.2 Å². The van der Waals surface area contributed by atoms with Gasteiger partial charge in [-0.15, -0.1) is 0 Å². The molecular weight excluding hydrogens is 160 g/mol. The van der Waals surface area contributed by atoms with Crippen LogP contribution in [0.25, 0.3) is 0 Å². The lowest BCUT2D eigenvalue weighted by Crippen LogP contribution is -2.33. The van der Waals surface area contributed by atoms with Crippen LogP contribution in [0.5, 0.6) is 0 Å². The maximum atomic E-state index is 12.0. The molecule has 0 fully saturated rings. The molecule has 3 heteroatoms. The average Bonchev–Trinajstić information content (AvgIpc) is 1.97. The van der Waals surface area contributed by atoms with Crippen molar-refractivity contribution < 1.29 is 8.78 Å². The molecule has 74 valence electrons. The average molecular weight is 179 g/mol. The second-order valence-electron chi connectivity index (χ2n) is 3.61. The van der Waals surface area contributed by atoms with Gasteiger partial charge in [0.25, 0.3) is 6.43 Å². The zero-order valence-electron chi connectivity index (χ0n) is 8.11.